The van der Waals surface area contributed by atoms with Gasteiger partial charge in [-0.05, 0) is 139 Å². The molecule has 1 aliphatic heterocycles. The molecule has 51 heavy (non-hydrogen) atoms. The molecule has 1 unspecified atom stereocenters. The van der Waals surface area contributed by atoms with E-state index in [0.717, 1.165) is 108 Å². The smallest absolute Gasteiger partial charge is 0.465 e. The molecule has 1 heterocycles. The maximum Gasteiger partial charge on any atom is 0.508 e. The zero-order valence-corrected chi connectivity index (χ0v) is 31.9. The zero-order chi connectivity index (χ0) is 36.0. The van der Waals surface area contributed by atoms with Crippen LogP contribution in [0.15, 0.2) is 36.5 Å². The molecule has 0 aromatic carbocycles. The normalized spacial score (nSPS) is 24.9. The number of likely N-dealkylation sites (tertiary alicyclic amines) is 1. The first kappa shape index (κ1) is 41.2. The highest BCUT2D eigenvalue weighted by Crippen LogP contribution is 2.61. The van der Waals surface area contributed by atoms with Crippen molar-refractivity contribution in [1.82, 2.24) is 4.90 Å². The average Bonchev–Trinajstić information content (AvgIpc) is 3.64. The second-order valence-corrected chi connectivity index (χ2v) is 16.1. The Morgan fingerprint density at radius 1 is 0.667 bits per heavy atom. The van der Waals surface area contributed by atoms with Gasteiger partial charge in [-0.1, -0.05) is 62.6 Å². The largest absolute Gasteiger partial charge is 0.508 e. The lowest BCUT2D eigenvalue weighted by Gasteiger charge is -2.57. The van der Waals surface area contributed by atoms with Crippen molar-refractivity contribution in [3.8, 4) is 0 Å². The highest BCUT2D eigenvalue weighted by atomic mass is 16.7. The summed E-state index contributed by atoms with van der Waals surface area (Å²) in [7, 11) is 0. The SMILES string of the molecule is CC/C=C\C/C=C\C/C=C\CCCCCCCC(=O)OCC(COC(=O)CCC12CC3CC(CC(C3)C1)C2)COC(=O)OCCCN1CCCC1. The first-order valence-corrected chi connectivity index (χ1v) is 20.7. The van der Waals surface area contributed by atoms with Gasteiger partial charge < -0.3 is 23.8 Å². The molecule has 1 saturated heterocycles. The third kappa shape index (κ3) is 16.7. The Hall–Kier alpha value is -2.61. The number of ether oxygens (including phenoxy) is 4. The van der Waals surface area contributed by atoms with Crippen molar-refractivity contribution in [2.75, 3.05) is 46.1 Å². The van der Waals surface area contributed by atoms with Crippen LogP contribution in [0.4, 0.5) is 4.79 Å². The molecular formula is C43H69NO7. The van der Waals surface area contributed by atoms with E-state index in [2.05, 4.69) is 48.3 Å². The van der Waals surface area contributed by atoms with E-state index in [1.165, 1.54) is 51.4 Å². The highest BCUT2D eigenvalue weighted by molar-refractivity contribution is 5.70. The summed E-state index contributed by atoms with van der Waals surface area (Å²) in [5.74, 6) is 1.65. The van der Waals surface area contributed by atoms with Gasteiger partial charge in [-0.15, -0.1) is 0 Å². The van der Waals surface area contributed by atoms with Crippen molar-refractivity contribution in [3.05, 3.63) is 36.5 Å². The maximum atomic E-state index is 12.9. The molecular weight excluding hydrogens is 642 g/mol. The van der Waals surface area contributed by atoms with Crippen LogP contribution in [0.25, 0.3) is 0 Å². The first-order valence-electron chi connectivity index (χ1n) is 20.7. The summed E-state index contributed by atoms with van der Waals surface area (Å²) >= 11 is 0. The van der Waals surface area contributed by atoms with Gasteiger partial charge in [0.25, 0.3) is 0 Å². The highest BCUT2D eigenvalue weighted by Gasteiger charge is 2.50. The van der Waals surface area contributed by atoms with E-state index in [1.807, 2.05) is 0 Å². The van der Waals surface area contributed by atoms with Gasteiger partial charge in [-0.3, -0.25) is 9.59 Å². The molecule has 0 aromatic heterocycles. The topological polar surface area (TPSA) is 91.4 Å². The Balaban J connectivity index is 1.08. The Morgan fingerprint density at radius 3 is 1.90 bits per heavy atom. The molecule has 0 N–H and O–H groups in total. The van der Waals surface area contributed by atoms with Crippen molar-refractivity contribution >= 4 is 18.1 Å². The van der Waals surface area contributed by atoms with Crippen molar-refractivity contribution < 1.29 is 33.3 Å². The van der Waals surface area contributed by atoms with E-state index in [1.54, 1.807) is 0 Å². The summed E-state index contributed by atoms with van der Waals surface area (Å²) in [5.41, 5.74) is 0.324. The van der Waals surface area contributed by atoms with Gasteiger partial charge >= 0.3 is 18.1 Å². The number of allylic oxidation sites excluding steroid dienone is 6. The Kier molecular flexibility index (Phi) is 19.2. The van der Waals surface area contributed by atoms with Crippen LogP contribution >= 0.6 is 0 Å². The second kappa shape index (κ2) is 23.9. The van der Waals surface area contributed by atoms with Crippen LogP contribution in [-0.2, 0) is 28.5 Å². The fraction of sp³-hybridized carbons (Fsp3) is 0.791. The summed E-state index contributed by atoms with van der Waals surface area (Å²) in [6, 6.07) is 0. The fourth-order valence-electron chi connectivity index (χ4n) is 9.24. The molecule has 0 spiro atoms. The van der Waals surface area contributed by atoms with E-state index >= 15 is 0 Å². The first-order chi connectivity index (χ1) is 24.9. The van der Waals surface area contributed by atoms with Crippen molar-refractivity contribution in [2.24, 2.45) is 29.1 Å². The molecule has 4 aliphatic carbocycles. The molecule has 5 aliphatic rings. The molecule has 1 atom stereocenters. The molecule has 0 amide bonds. The Bertz CT molecular complexity index is 1070. The zero-order valence-electron chi connectivity index (χ0n) is 31.9. The minimum Gasteiger partial charge on any atom is -0.465 e. The number of rotatable bonds is 26. The molecule has 5 fully saturated rings. The molecule has 8 heteroatoms. The van der Waals surface area contributed by atoms with Crippen LogP contribution < -0.4 is 0 Å². The maximum absolute atomic E-state index is 12.9. The van der Waals surface area contributed by atoms with E-state index in [-0.39, 0.29) is 31.8 Å². The van der Waals surface area contributed by atoms with Crippen molar-refractivity contribution in [2.45, 2.75) is 142 Å². The van der Waals surface area contributed by atoms with Crippen LogP contribution in [0.5, 0.6) is 0 Å². The summed E-state index contributed by atoms with van der Waals surface area (Å²) in [5, 5.41) is 0. The van der Waals surface area contributed by atoms with E-state index in [9.17, 15) is 14.4 Å². The lowest BCUT2D eigenvalue weighted by atomic mass is 9.48. The molecule has 5 rings (SSSR count). The van der Waals surface area contributed by atoms with Crippen molar-refractivity contribution in [1.29, 1.82) is 0 Å². The summed E-state index contributed by atoms with van der Waals surface area (Å²) in [6.45, 7) is 5.66. The van der Waals surface area contributed by atoms with Crippen LogP contribution in [0, 0.1) is 29.1 Å². The number of nitrogens with zero attached hydrogens (tertiary/aromatic N) is 1. The van der Waals surface area contributed by atoms with Crippen LogP contribution in [0.2, 0.25) is 0 Å². The lowest BCUT2D eigenvalue weighted by Crippen LogP contribution is -2.46. The molecule has 0 radical (unpaired) electrons. The predicted molar refractivity (Wildman–Crippen MR) is 202 cm³/mol. The van der Waals surface area contributed by atoms with E-state index < -0.39 is 12.1 Å². The summed E-state index contributed by atoms with van der Waals surface area (Å²) < 4.78 is 22.0. The van der Waals surface area contributed by atoms with Gasteiger partial charge in [-0.25, -0.2) is 4.79 Å². The number of carbonyl (C=O) groups excluding carboxylic acids is 3. The monoisotopic (exact) mass is 712 g/mol. The standard InChI is InChI=1S/C43H69NO7/c1-2-3-4-5-6-7-8-9-10-11-12-13-14-15-16-20-40(45)49-33-39(35-51-42(47)48-26-19-25-44-23-17-18-24-44)34-50-41(46)21-22-43-30-36-27-37(31-43)29-38(28-36)32-43/h3-4,6-7,9-10,36-39H,2,5,8,11-35H2,1H3/b4-3-,7-6-,10-9-. The molecule has 8 nitrogen and oxygen atoms in total. The van der Waals surface area contributed by atoms with E-state index in [4.69, 9.17) is 18.9 Å². The van der Waals surface area contributed by atoms with Crippen LogP contribution in [0.3, 0.4) is 0 Å². The number of hydrogen-bond donors (Lipinski definition) is 0. The van der Waals surface area contributed by atoms with E-state index in [0.29, 0.717) is 24.9 Å². The minimum atomic E-state index is -0.733. The van der Waals surface area contributed by atoms with Crippen LogP contribution in [-0.4, -0.2) is 69.1 Å². The fourth-order valence-corrected chi connectivity index (χ4v) is 9.24. The minimum absolute atomic E-state index is 0.0263. The van der Waals surface area contributed by atoms with Gasteiger partial charge in [0.15, 0.2) is 0 Å². The second-order valence-electron chi connectivity index (χ2n) is 16.1. The Morgan fingerprint density at radius 2 is 1.24 bits per heavy atom. The van der Waals surface area contributed by atoms with Gasteiger partial charge in [0.05, 0.1) is 12.5 Å². The third-order valence-electron chi connectivity index (χ3n) is 11.5. The van der Waals surface area contributed by atoms with Gasteiger partial charge in [0.1, 0.15) is 19.8 Å². The van der Waals surface area contributed by atoms with Crippen molar-refractivity contribution in [3.63, 3.8) is 0 Å². The molecule has 4 saturated carbocycles. The summed E-state index contributed by atoms with van der Waals surface area (Å²) in [6.07, 6.45) is 34.8. The quantitative estimate of drug-likeness (QED) is 0.0379. The van der Waals surface area contributed by atoms with Crippen LogP contribution in [0.1, 0.15) is 142 Å². The lowest BCUT2D eigenvalue weighted by molar-refractivity contribution is -0.151. The molecule has 288 valence electrons. The third-order valence-corrected chi connectivity index (χ3v) is 11.5. The van der Waals surface area contributed by atoms with Gasteiger partial charge in [-0.2, -0.15) is 0 Å². The predicted octanol–water partition coefficient (Wildman–Crippen LogP) is 9.91. The van der Waals surface area contributed by atoms with Gasteiger partial charge in [0, 0.05) is 19.4 Å². The number of hydrogen-bond acceptors (Lipinski definition) is 8. The number of unbranched alkanes of at least 4 members (excludes halogenated alkanes) is 5. The molecule has 4 bridgehead atoms. The Labute approximate surface area is 309 Å². The molecule has 0 aromatic rings. The van der Waals surface area contributed by atoms with Gasteiger partial charge in [0.2, 0.25) is 0 Å². The average molecular weight is 712 g/mol. The number of esters is 2. The number of carbonyl (C=O) groups is 3. The summed E-state index contributed by atoms with van der Waals surface area (Å²) in [4.78, 5) is 40.2.